The van der Waals surface area contributed by atoms with Gasteiger partial charge in [-0.15, -0.1) is 0 Å². The Balaban J connectivity index is 1.69. The summed E-state index contributed by atoms with van der Waals surface area (Å²) in [5.41, 5.74) is 2.57. The summed E-state index contributed by atoms with van der Waals surface area (Å²) in [5, 5.41) is 13.0. The summed E-state index contributed by atoms with van der Waals surface area (Å²) in [6, 6.07) is 8.09. The van der Waals surface area contributed by atoms with Gasteiger partial charge in [-0.25, -0.2) is 9.78 Å². The number of hydrogen-bond acceptors (Lipinski definition) is 5. The van der Waals surface area contributed by atoms with Gasteiger partial charge >= 0.3 is 5.97 Å². The van der Waals surface area contributed by atoms with Gasteiger partial charge < -0.3 is 14.6 Å². The molecule has 1 aromatic carbocycles. The SMILES string of the molecule is O=C(O)c1nc[nH]c1-c1nc(C2Cc3ccccc32)no1. The maximum Gasteiger partial charge on any atom is 0.356 e. The average molecular weight is 282 g/mol. The summed E-state index contributed by atoms with van der Waals surface area (Å²) >= 11 is 0. The Morgan fingerprint density at radius 1 is 1.38 bits per heavy atom. The van der Waals surface area contributed by atoms with Crippen molar-refractivity contribution in [3.8, 4) is 11.6 Å². The predicted octanol–water partition coefficient (Wildman–Crippen LogP) is 1.85. The minimum absolute atomic E-state index is 0.106. The molecule has 1 aliphatic carbocycles. The molecule has 0 spiro atoms. The minimum Gasteiger partial charge on any atom is -0.476 e. The Labute approximate surface area is 118 Å². The van der Waals surface area contributed by atoms with Crippen LogP contribution in [0.3, 0.4) is 0 Å². The second-order valence-electron chi connectivity index (χ2n) is 4.84. The van der Waals surface area contributed by atoms with Crippen molar-refractivity contribution < 1.29 is 14.4 Å². The number of H-pyrrole nitrogens is 1. The van der Waals surface area contributed by atoms with Gasteiger partial charge in [0.05, 0.1) is 12.2 Å². The summed E-state index contributed by atoms with van der Waals surface area (Å²) in [7, 11) is 0. The lowest BCUT2D eigenvalue weighted by molar-refractivity contribution is 0.0691. The molecule has 21 heavy (non-hydrogen) atoms. The van der Waals surface area contributed by atoms with E-state index in [9.17, 15) is 4.79 Å². The van der Waals surface area contributed by atoms with Crippen LogP contribution in [0, 0.1) is 0 Å². The molecule has 2 aromatic heterocycles. The Morgan fingerprint density at radius 2 is 2.24 bits per heavy atom. The molecule has 0 radical (unpaired) electrons. The highest BCUT2D eigenvalue weighted by atomic mass is 16.5. The summed E-state index contributed by atoms with van der Waals surface area (Å²) in [4.78, 5) is 21.8. The van der Waals surface area contributed by atoms with E-state index in [1.807, 2.05) is 18.2 Å². The van der Waals surface area contributed by atoms with E-state index in [4.69, 9.17) is 9.63 Å². The van der Waals surface area contributed by atoms with Crippen molar-refractivity contribution in [1.29, 1.82) is 0 Å². The summed E-state index contributed by atoms with van der Waals surface area (Å²) < 4.78 is 5.18. The van der Waals surface area contributed by atoms with Crippen molar-refractivity contribution >= 4 is 5.97 Å². The molecule has 0 amide bonds. The van der Waals surface area contributed by atoms with E-state index in [0.717, 1.165) is 6.42 Å². The van der Waals surface area contributed by atoms with Gasteiger partial charge in [-0.05, 0) is 17.5 Å². The number of benzene rings is 1. The first-order valence-corrected chi connectivity index (χ1v) is 6.42. The Bertz CT molecular complexity index is 836. The Morgan fingerprint density at radius 3 is 3.05 bits per heavy atom. The van der Waals surface area contributed by atoms with Crippen molar-refractivity contribution in [2.45, 2.75) is 12.3 Å². The van der Waals surface area contributed by atoms with Gasteiger partial charge in [0.1, 0.15) is 5.69 Å². The van der Waals surface area contributed by atoms with Gasteiger partial charge in [0.2, 0.25) is 0 Å². The molecule has 2 N–H and O–H groups in total. The number of carbonyl (C=O) groups is 1. The quantitative estimate of drug-likeness (QED) is 0.759. The van der Waals surface area contributed by atoms with Gasteiger partial charge in [0.15, 0.2) is 11.5 Å². The molecule has 4 rings (SSSR count). The molecule has 1 aliphatic rings. The van der Waals surface area contributed by atoms with Crippen molar-refractivity contribution in [3.05, 3.63) is 53.2 Å². The third-order valence-corrected chi connectivity index (χ3v) is 3.66. The Kier molecular flexibility index (Phi) is 2.41. The fourth-order valence-corrected chi connectivity index (χ4v) is 2.59. The second-order valence-corrected chi connectivity index (χ2v) is 4.84. The van der Waals surface area contributed by atoms with Crippen molar-refractivity contribution in [1.82, 2.24) is 20.1 Å². The summed E-state index contributed by atoms with van der Waals surface area (Å²) in [6.07, 6.45) is 2.16. The van der Waals surface area contributed by atoms with Crippen LogP contribution in [-0.4, -0.2) is 31.2 Å². The molecule has 1 unspecified atom stereocenters. The molecule has 2 heterocycles. The molecule has 0 saturated carbocycles. The van der Waals surface area contributed by atoms with Gasteiger partial charge in [0, 0.05) is 0 Å². The van der Waals surface area contributed by atoms with E-state index in [1.165, 1.54) is 17.5 Å². The first kappa shape index (κ1) is 11.8. The van der Waals surface area contributed by atoms with Crippen LogP contribution in [0.1, 0.15) is 33.4 Å². The molecule has 104 valence electrons. The highest BCUT2D eigenvalue weighted by Crippen LogP contribution is 2.39. The monoisotopic (exact) mass is 282 g/mol. The van der Waals surface area contributed by atoms with Crippen molar-refractivity contribution in [2.24, 2.45) is 0 Å². The molecule has 0 bridgehead atoms. The first-order valence-electron chi connectivity index (χ1n) is 6.42. The number of fused-ring (bicyclic) bond motifs is 1. The summed E-state index contributed by atoms with van der Waals surface area (Å²) in [6.45, 7) is 0. The minimum atomic E-state index is -1.14. The zero-order valence-electron chi connectivity index (χ0n) is 10.8. The molecule has 0 saturated heterocycles. The highest BCUT2D eigenvalue weighted by Gasteiger charge is 2.31. The van der Waals surface area contributed by atoms with Gasteiger partial charge in [-0.1, -0.05) is 29.4 Å². The number of aromatic amines is 1. The fourth-order valence-electron chi connectivity index (χ4n) is 2.59. The molecule has 3 aromatic rings. The standard InChI is InChI=1S/C14H10N4O3/c19-14(20)11-10(15-6-16-11)13-17-12(18-21-13)9-5-7-3-1-2-4-8(7)9/h1-4,6,9H,5H2,(H,15,16)(H,19,20). The van der Waals surface area contributed by atoms with Crippen LogP contribution in [0.15, 0.2) is 35.1 Å². The number of aromatic nitrogens is 4. The van der Waals surface area contributed by atoms with Crippen LogP contribution in [0.2, 0.25) is 0 Å². The van der Waals surface area contributed by atoms with E-state index in [0.29, 0.717) is 5.82 Å². The smallest absolute Gasteiger partial charge is 0.356 e. The molecule has 0 aliphatic heterocycles. The van der Waals surface area contributed by atoms with E-state index < -0.39 is 5.97 Å². The maximum atomic E-state index is 11.1. The van der Waals surface area contributed by atoms with E-state index in [1.54, 1.807) is 0 Å². The van der Waals surface area contributed by atoms with Crippen LogP contribution in [0.25, 0.3) is 11.6 Å². The maximum absolute atomic E-state index is 11.1. The van der Waals surface area contributed by atoms with Crippen LogP contribution >= 0.6 is 0 Å². The van der Waals surface area contributed by atoms with E-state index in [2.05, 4.69) is 26.2 Å². The molecule has 7 heteroatoms. The number of imidazole rings is 1. The third kappa shape index (κ3) is 1.74. The number of carboxylic acid groups (broad SMARTS) is 1. The fraction of sp³-hybridized carbons (Fsp3) is 0.143. The number of nitrogens with zero attached hydrogens (tertiary/aromatic N) is 3. The van der Waals surface area contributed by atoms with E-state index >= 15 is 0 Å². The lowest BCUT2D eigenvalue weighted by Crippen LogP contribution is -2.19. The van der Waals surface area contributed by atoms with Crippen molar-refractivity contribution in [3.63, 3.8) is 0 Å². The van der Waals surface area contributed by atoms with Crippen molar-refractivity contribution in [2.75, 3.05) is 0 Å². The van der Waals surface area contributed by atoms with E-state index in [-0.39, 0.29) is 23.2 Å². The number of carboxylic acids is 1. The van der Waals surface area contributed by atoms with Gasteiger partial charge in [-0.2, -0.15) is 4.98 Å². The van der Waals surface area contributed by atoms with Crippen LogP contribution in [-0.2, 0) is 6.42 Å². The lowest BCUT2D eigenvalue weighted by Gasteiger charge is -2.27. The molecular weight excluding hydrogens is 272 g/mol. The van der Waals surface area contributed by atoms with Gasteiger partial charge in [-0.3, -0.25) is 0 Å². The third-order valence-electron chi connectivity index (χ3n) is 3.66. The average Bonchev–Trinajstić information content (AvgIpc) is 3.08. The zero-order valence-corrected chi connectivity index (χ0v) is 10.8. The zero-order chi connectivity index (χ0) is 14.4. The summed E-state index contributed by atoms with van der Waals surface area (Å²) in [5.74, 6) is -0.325. The second kappa shape index (κ2) is 4.27. The van der Waals surface area contributed by atoms with Gasteiger partial charge in [0.25, 0.3) is 5.89 Å². The largest absolute Gasteiger partial charge is 0.476 e. The molecule has 0 fully saturated rings. The first-order chi connectivity index (χ1) is 10.2. The normalized spacial score (nSPS) is 16.3. The number of aromatic carboxylic acids is 1. The number of nitrogens with one attached hydrogen (secondary N) is 1. The highest BCUT2D eigenvalue weighted by molar-refractivity contribution is 5.91. The molecular formula is C14H10N4O3. The topological polar surface area (TPSA) is 105 Å². The molecule has 7 nitrogen and oxygen atoms in total. The number of hydrogen-bond donors (Lipinski definition) is 2. The van der Waals surface area contributed by atoms with Crippen LogP contribution in [0.5, 0.6) is 0 Å². The Hall–Kier alpha value is -2.96. The van der Waals surface area contributed by atoms with Crippen LogP contribution in [0.4, 0.5) is 0 Å². The molecule has 1 atom stereocenters. The van der Waals surface area contributed by atoms with Crippen LogP contribution < -0.4 is 0 Å². The number of rotatable bonds is 3. The lowest BCUT2D eigenvalue weighted by atomic mass is 9.77. The predicted molar refractivity (Wildman–Crippen MR) is 70.8 cm³/mol.